The van der Waals surface area contributed by atoms with Gasteiger partial charge in [0, 0.05) is 28.4 Å². The van der Waals surface area contributed by atoms with Gasteiger partial charge in [-0.2, -0.15) is 0 Å². The minimum Gasteiger partial charge on any atom is -0.0929 e. The van der Waals surface area contributed by atoms with Crippen molar-refractivity contribution in [3.05, 3.63) is 62.7 Å². The predicted octanol–water partition coefficient (Wildman–Crippen LogP) is 6.02. The van der Waals surface area contributed by atoms with Crippen molar-refractivity contribution >= 4 is 15.8 Å². The van der Waals surface area contributed by atoms with E-state index in [1.54, 1.807) is 11.3 Å². The normalized spacial score (nSPS) is 39.1. The van der Waals surface area contributed by atoms with Crippen molar-refractivity contribution in [1.29, 1.82) is 0 Å². The third kappa shape index (κ3) is 4.76. The number of hydrogen-bond donors (Lipinski definition) is 0. The summed E-state index contributed by atoms with van der Waals surface area (Å²) >= 11 is 0. The first kappa shape index (κ1) is 20.7. The first-order chi connectivity index (χ1) is 10.6. The molecule has 0 aromatic rings. The molecule has 23 heavy (non-hydrogen) atoms. The van der Waals surface area contributed by atoms with Crippen LogP contribution in [0.3, 0.4) is 0 Å². The Labute approximate surface area is 158 Å². The molecule has 126 valence electrons. The van der Waals surface area contributed by atoms with E-state index in [2.05, 4.69) is 79.1 Å². The van der Waals surface area contributed by atoms with Crippen LogP contribution in [0.1, 0.15) is 40.5 Å². The summed E-state index contributed by atoms with van der Waals surface area (Å²) in [6.45, 7) is 9.55. The van der Waals surface area contributed by atoms with Crippen molar-refractivity contribution in [2.24, 2.45) is 0 Å². The SMILES string of the molecule is C[C@H]1C[C@H](C)P1[C]1[CH][CH][CH][CH]1.C[C@H]1C[C@H](C)P1[C]1[CH][CH][CH][CH]1.[Fe]. The fraction of sp³-hybridized carbons (Fsp3) is 0.500. The zero-order valence-electron chi connectivity index (χ0n) is 14.6. The molecule has 0 unspecified atom stereocenters. The Bertz CT molecular complexity index is 300. The van der Waals surface area contributed by atoms with Crippen LogP contribution in [-0.2, 0) is 17.1 Å². The van der Waals surface area contributed by atoms with E-state index in [1.807, 2.05) is 0 Å². The van der Waals surface area contributed by atoms with Crippen molar-refractivity contribution in [3.63, 3.8) is 0 Å². The molecule has 10 radical (unpaired) electrons. The third-order valence-electron chi connectivity index (χ3n) is 5.15. The molecule has 4 fully saturated rings. The van der Waals surface area contributed by atoms with Crippen LogP contribution in [0.15, 0.2) is 0 Å². The van der Waals surface area contributed by atoms with E-state index in [9.17, 15) is 0 Å². The van der Waals surface area contributed by atoms with E-state index < -0.39 is 0 Å². The van der Waals surface area contributed by atoms with Crippen LogP contribution in [0.25, 0.3) is 0 Å². The molecule has 2 aliphatic carbocycles. The van der Waals surface area contributed by atoms with Crippen LogP contribution in [0.2, 0.25) is 0 Å². The molecular weight excluding hydrogens is 358 g/mol. The van der Waals surface area contributed by atoms with Gasteiger partial charge in [0.1, 0.15) is 0 Å². The van der Waals surface area contributed by atoms with Gasteiger partial charge in [0.15, 0.2) is 0 Å². The summed E-state index contributed by atoms with van der Waals surface area (Å²) in [5.74, 6) is 0. The molecule has 4 atom stereocenters. The molecule has 0 N–H and O–H groups in total. The van der Waals surface area contributed by atoms with Crippen molar-refractivity contribution < 1.29 is 17.1 Å². The Kier molecular flexibility index (Phi) is 8.41. The Hall–Kier alpha value is 1.38. The molecule has 0 amide bonds. The molecule has 2 saturated heterocycles. The Balaban J connectivity index is 0.000000160. The van der Waals surface area contributed by atoms with Crippen LogP contribution >= 0.6 is 15.8 Å². The summed E-state index contributed by atoms with van der Waals surface area (Å²) in [4.78, 5) is 0. The van der Waals surface area contributed by atoms with Gasteiger partial charge in [0.2, 0.25) is 0 Å². The molecule has 2 heterocycles. The molecule has 0 aromatic carbocycles. The van der Waals surface area contributed by atoms with Gasteiger partial charge in [-0.15, -0.1) is 0 Å². The molecular formula is C20H28FeP2. The van der Waals surface area contributed by atoms with E-state index in [-0.39, 0.29) is 32.9 Å². The topological polar surface area (TPSA) is 0 Å². The molecule has 3 heteroatoms. The van der Waals surface area contributed by atoms with E-state index in [1.165, 1.54) is 12.8 Å². The van der Waals surface area contributed by atoms with Gasteiger partial charge in [-0.25, -0.2) is 0 Å². The maximum absolute atomic E-state index is 2.39. The Morgan fingerprint density at radius 1 is 0.609 bits per heavy atom. The van der Waals surface area contributed by atoms with Crippen molar-refractivity contribution in [2.45, 2.75) is 63.2 Å². The molecule has 2 aliphatic heterocycles. The average molecular weight is 386 g/mol. The molecule has 0 nitrogen and oxygen atoms in total. The first-order valence-corrected chi connectivity index (χ1v) is 11.5. The summed E-state index contributed by atoms with van der Waals surface area (Å²) < 4.78 is 0. The van der Waals surface area contributed by atoms with Crippen molar-refractivity contribution in [1.82, 2.24) is 0 Å². The van der Waals surface area contributed by atoms with E-state index >= 15 is 0 Å². The predicted molar refractivity (Wildman–Crippen MR) is 102 cm³/mol. The first-order valence-electron chi connectivity index (χ1n) is 8.58. The molecule has 0 spiro atoms. The Morgan fingerprint density at radius 3 is 1.09 bits per heavy atom. The number of rotatable bonds is 2. The summed E-state index contributed by atoms with van der Waals surface area (Å²) in [6.07, 6.45) is 20.7. The maximum atomic E-state index is 2.39. The second-order valence-corrected chi connectivity index (χ2v) is 13.2. The second kappa shape index (κ2) is 9.35. The number of hydrogen-bond acceptors (Lipinski definition) is 0. The van der Waals surface area contributed by atoms with Gasteiger partial charge in [0.05, 0.1) is 0 Å². The second-order valence-electron chi connectivity index (χ2n) is 6.97. The fourth-order valence-corrected chi connectivity index (χ4v) is 10.3. The molecule has 0 aromatic heterocycles. The summed E-state index contributed by atoms with van der Waals surface area (Å²) in [5, 5.41) is 0. The van der Waals surface area contributed by atoms with Gasteiger partial charge in [-0.05, 0) is 86.8 Å². The van der Waals surface area contributed by atoms with Gasteiger partial charge in [0.25, 0.3) is 0 Å². The molecule has 4 rings (SSSR count). The fourth-order valence-electron chi connectivity index (χ4n) is 4.12. The van der Waals surface area contributed by atoms with E-state index in [4.69, 9.17) is 0 Å². The molecule has 2 saturated carbocycles. The van der Waals surface area contributed by atoms with Gasteiger partial charge in [-0.1, -0.05) is 43.5 Å². The van der Waals surface area contributed by atoms with Gasteiger partial charge < -0.3 is 0 Å². The summed E-state index contributed by atoms with van der Waals surface area (Å²) in [5.41, 5.74) is 7.13. The minimum absolute atomic E-state index is 0. The van der Waals surface area contributed by atoms with E-state index in [0.717, 1.165) is 22.6 Å². The molecule has 4 aliphatic rings. The zero-order valence-corrected chi connectivity index (χ0v) is 17.5. The van der Waals surface area contributed by atoms with Crippen molar-refractivity contribution in [3.8, 4) is 0 Å². The van der Waals surface area contributed by atoms with Crippen LogP contribution < -0.4 is 0 Å². The quantitative estimate of drug-likeness (QED) is 0.402. The third-order valence-corrected chi connectivity index (χ3v) is 11.6. The standard InChI is InChI=1S/2C10H14P.Fe/c2*1-8-7-9(2)11(8)10-5-3-4-6-10;/h2*3-6,8-9H,7H2,1-2H3;/t2*8-,9-;/m00./s1. The minimum atomic E-state index is 0. The largest absolute Gasteiger partial charge is 0.0929 e. The summed E-state index contributed by atoms with van der Waals surface area (Å²) in [7, 11) is 0.443. The summed E-state index contributed by atoms with van der Waals surface area (Å²) in [6, 6.07) is 0. The zero-order chi connectivity index (χ0) is 15.7. The van der Waals surface area contributed by atoms with Gasteiger partial charge in [-0.3, -0.25) is 0 Å². The average Bonchev–Trinajstić information content (AvgIpc) is 3.13. The smallest absolute Gasteiger partial charge is 0.00801 e. The van der Waals surface area contributed by atoms with Crippen LogP contribution in [0.5, 0.6) is 0 Å². The van der Waals surface area contributed by atoms with E-state index in [0.29, 0.717) is 0 Å². The van der Waals surface area contributed by atoms with Crippen molar-refractivity contribution in [2.75, 3.05) is 0 Å². The van der Waals surface area contributed by atoms with Crippen LogP contribution in [-0.4, -0.2) is 22.6 Å². The maximum Gasteiger partial charge on any atom is 0.00801 e. The monoisotopic (exact) mass is 386 g/mol. The molecule has 0 bridgehead atoms. The Morgan fingerprint density at radius 2 is 0.870 bits per heavy atom. The van der Waals surface area contributed by atoms with Crippen LogP contribution in [0.4, 0.5) is 0 Å². The van der Waals surface area contributed by atoms with Gasteiger partial charge >= 0.3 is 0 Å². The van der Waals surface area contributed by atoms with Crippen LogP contribution in [0, 0.1) is 62.7 Å².